The summed E-state index contributed by atoms with van der Waals surface area (Å²) in [7, 11) is 0. The molecule has 24 valence electrons. The minimum absolute atomic E-state index is 0. The molecular weight excluding hydrogens is 348 g/mol. The van der Waals surface area contributed by atoms with Gasteiger partial charge in [0.2, 0.25) is 0 Å². The Bertz CT molecular complexity index is 9.61. The largest absolute Gasteiger partial charge is 3.00 e. The van der Waals surface area contributed by atoms with E-state index in [0.29, 0.717) is 0 Å². The fourth-order valence-corrected chi connectivity index (χ4v) is 0. The maximum absolute atomic E-state index is 0. The molecule has 0 amide bonds. The molecule has 0 saturated heterocycles. The third-order valence-electron chi connectivity index (χ3n) is 0. The van der Waals surface area contributed by atoms with Crippen LogP contribution in [0.15, 0.2) is 0 Å². The van der Waals surface area contributed by atoms with Crippen molar-refractivity contribution in [3.8, 4) is 0 Å². The first kappa shape index (κ1) is 49.2. The van der Waals surface area contributed by atoms with E-state index >= 15 is 0 Å². The van der Waals surface area contributed by atoms with Crippen LogP contribution in [0, 0.1) is 0 Å². The Morgan fingerprint density at radius 1 is 0.800 bits per heavy atom. The maximum Gasteiger partial charge on any atom is 3.00 e. The van der Waals surface area contributed by atoms with E-state index in [2.05, 4.69) is 0 Å². The van der Waals surface area contributed by atoms with E-state index in [0.717, 1.165) is 0 Å². The van der Waals surface area contributed by atoms with Gasteiger partial charge in [-0.1, -0.05) is 0 Å². The Morgan fingerprint density at radius 3 is 0.800 bits per heavy atom. The summed E-state index contributed by atoms with van der Waals surface area (Å²) in [6.07, 6.45) is 0. The fraction of sp³-hybridized carbons (Fsp3) is 0. The van der Waals surface area contributed by atoms with Crippen LogP contribution in [0.2, 0.25) is 0 Å². The van der Waals surface area contributed by atoms with Crippen LogP contribution in [0.3, 0.4) is 0 Å². The summed E-state index contributed by atoms with van der Waals surface area (Å²) < 4.78 is 0. The van der Waals surface area contributed by atoms with Crippen molar-refractivity contribution < 1.29 is 0 Å². The third kappa shape index (κ3) is 20.7. The van der Waals surface area contributed by atoms with Gasteiger partial charge in [0.1, 0.15) is 0 Å². The summed E-state index contributed by atoms with van der Waals surface area (Å²) in [4.78, 5) is 0. The molecular formula is H3As2GaInN. The van der Waals surface area contributed by atoms with Gasteiger partial charge in [-0.05, 0) is 0 Å². The van der Waals surface area contributed by atoms with E-state index in [1.807, 2.05) is 0 Å². The second-order valence-corrected chi connectivity index (χ2v) is 0. The van der Waals surface area contributed by atoms with Crippen LogP contribution < -0.4 is 6.15 Å². The summed E-state index contributed by atoms with van der Waals surface area (Å²) in [5.41, 5.74) is 0. The van der Waals surface area contributed by atoms with Gasteiger partial charge in [0.25, 0.3) is 0 Å². The Morgan fingerprint density at radius 2 is 0.800 bits per heavy atom. The quantitative estimate of drug-likeness (QED) is 0.538. The standard InChI is InChI=1S/2As.Ga.In.H3N/h;;;;1H3/q2*-3;2*+3;. The van der Waals surface area contributed by atoms with Crippen molar-refractivity contribution in [2.75, 3.05) is 0 Å². The fourth-order valence-electron chi connectivity index (χ4n) is 0. The average Bonchev–Trinajstić information content (AvgIpc) is 0. The summed E-state index contributed by atoms with van der Waals surface area (Å²) in [6.45, 7) is 0. The summed E-state index contributed by atoms with van der Waals surface area (Å²) in [5, 5.41) is 0. The molecule has 0 aromatic rings. The Kier molecular flexibility index (Phi) is 303. The van der Waals surface area contributed by atoms with Crippen LogP contribution >= 0.6 is 0 Å². The van der Waals surface area contributed by atoms with E-state index < -0.39 is 0 Å². The molecule has 0 radical (unpaired) electrons. The summed E-state index contributed by atoms with van der Waals surface area (Å²) in [6, 6.07) is 0. The van der Waals surface area contributed by atoms with Gasteiger partial charge in [0.05, 0.1) is 0 Å². The maximum atomic E-state index is 0. The van der Waals surface area contributed by atoms with Crippen molar-refractivity contribution in [3.05, 3.63) is 0 Å². The van der Waals surface area contributed by atoms with E-state index in [9.17, 15) is 0 Å². The molecule has 0 aliphatic carbocycles. The van der Waals surface area contributed by atoms with Gasteiger partial charge in [-0.3, -0.25) is 0 Å². The van der Waals surface area contributed by atoms with Crippen LogP contribution in [0.5, 0.6) is 0 Å². The molecule has 5 heteroatoms. The van der Waals surface area contributed by atoms with Crippen molar-refractivity contribution in [1.29, 1.82) is 0 Å². The van der Waals surface area contributed by atoms with Crippen LogP contribution in [0.4, 0.5) is 0 Å². The smallest absolute Gasteiger partial charge is 3.00 e. The second kappa shape index (κ2) is 30.8. The normalized spacial score (nSPS) is 0. The zero-order valence-corrected chi connectivity index (χ0v) is 12.2. The molecule has 1 nitrogen and oxygen atoms in total. The van der Waals surface area contributed by atoms with Gasteiger partial charge in [0.15, 0.2) is 0 Å². The van der Waals surface area contributed by atoms with Crippen LogP contribution in [-0.2, 0) is 0 Å². The molecule has 0 spiro atoms. The Balaban J connectivity index is 0. The molecule has 3 N–H and O–H groups in total. The van der Waals surface area contributed by atoms with Crippen LogP contribution in [0.25, 0.3) is 0 Å². The Hall–Kier alpha value is 2.58. The molecule has 0 aromatic carbocycles. The molecule has 0 atom stereocenters. The van der Waals surface area contributed by atoms with Gasteiger partial charge in [-0.25, -0.2) is 0 Å². The zero-order chi connectivity index (χ0) is 0. The first-order valence-electron chi connectivity index (χ1n) is 0. The minimum atomic E-state index is 0. The monoisotopic (exact) mass is 351 g/mol. The molecule has 0 aliphatic heterocycles. The van der Waals surface area contributed by atoms with Gasteiger partial charge in [-0.15, -0.1) is 0 Å². The first-order chi connectivity index (χ1) is 0. The molecule has 0 fully saturated rings. The van der Waals surface area contributed by atoms with Gasteiger partial charge in [0, 0.05) is 0 Å². The van der Waals surface area contributed by atoms with Crippen LogP contribution in [0.1, 0.15) is 0 Å². The van der Waals surface area contributed by atoms with Crippen molar-refractivity contribution in [3.63, 3.8) is 0 Å². The van der Waals surface area contributed by atoms with Crippen molar-refractivity contribution in [2.24, 2.45) is 0 Å². The van der Waals surface area contributed by atoms with Crippen molar-refractivity contribution >= 4 is 81.5 Å². The SMILES string of the molecule is N.[As-3].[As-3].[Ga+3].[In+3]. The van der Waals surface area contributed by atoms with E-state index in [1.165, 1.54) is 0 Å². The number of hydrogen-bond donors (Lipinski definition) is 1. The van der Waals surface area contributed by atoms with Gasteiger partial charge in [-0.2, -0.15) is 0 Å². The van der Waals surface area contributed by atoms with Gasteiger partial charge < -0.3 is 42.1 Å². The number of hydrogen-bond acceptors (Lipinski definition) is 1. The second-order valence-electron chi connectivity index (χ2n) is 0. The topological polar surface area (TPSA) is 35.0 Å². The summed E-state index contributed by atoms with van der Waals surface area (Å²) in [5.74, 6) is 0. The van der Waals surface area contributed by atoms with Gasteiger partial charge >= 0.3 is 45.6 Å². The summed E-state index contributed by atoms with van der Waals surface area (Å²) >= 11 is 0. The van der Waals surface area contributed by atoms with E-state index in [4.69, 9.17) is 0 Å². The molecule has 0 aromatic heterocycles. The first-order valence-corrected chi connectivity index (χ1v) is 0. The Labute approximate surface area is 86.5 Å². The molecule has 0 unspecified atom stereocenters. The predicted molar refractivity (Wildman–Crippen MR) is 28.0 cm³/mol. The molecule has 0 rings (SSSR count). The van der Waals surface area contributed by atoms with E-state index in [1.54, 1.807) is 0 Å². The molecule has 0 bridgehead atoms. The zero-order valence-electron chi connectivity index (χ0n) is 2.76. The minimum Gasteiger partial charge on any atom is -3.00 e. The predicted octanol–water partition coefficient (Wildman–Crippen LogP) is -1.36. The molecule has 0 heterocycles. The molecule has 0 saturated carbocycles. The van der Waals surface area contributed by atoms with E-state index in [-0.39, 0.29) is 87.7 Å². The van der Waals surface area contributed by atoms with Crippen molar-refractivity contribution in [1.82, 2.24) is 6.15 Å². The number of rotatable bonds is 0. The third-order valence-corrected chi connectivity index (χ3v) is 0. The molecule has 5 heavy (non-hydrogen) atoms. The molecule has 0 aliphatic rings. The van der Waals surface area contributed by atoms with Crippen molar-refractivity contribution in [2.45, 2.75) is 0 Å². The average molecular weight is 351 g/mol. The van der Waals surface area contributed by atoms with Crippen LogP contribution in [-0.4, -0.2) is 81.5 Å².